The largest absolute Gasteiger partial charge is 0.483 e. The van der Waals surface area contributed by atoms with E-state index < -0.39 is 17.3 Å². The Hall–Kier alpha value is -2.11. The van der Waals surface area contributed by atoms with Crippen LogP contribution in [-0.2, 0) is 4.79 Å². The standard InChI is InChI=1S/C13H14FNO4/c1-15(8-5-6-8)11(16)7-19-10-4-2-3-9(14)12(10)13(17)18/h2-4,8H,5-7H2,1H3,(H,17,18). The van der Waals surface area contributed by atoms with Crippen LogP contribution < -0.4 is 4.74 Å². The van der Waals surface area contributed by atoms with Gasteiger partial charge in [-0.15, -0.1) is 0 Å². The van der Waals surface area contributed by atoms with Crippen LogP contribution in [0.2, 0.25) is 0 Å². The van der Waals surface area contributed by atoms with Gasteiger partial charge < -0.3 is 14.7 Å². The number of amides is 1. The first-order valence-corrected chi connectivity index (χ1v) is 5.91. The van der Waals surface area contributed by atoms with Crippen LogP contribution in [0.3, 0.4) is 0 Å². The molecule has 1 aliphatic rings. The summed E-state index contributed by atoms with van der Waals surface area (Å²) >= 11 is 0. The predicted molar refractivity (Wildman–Crippen MR) is 64.6 cm³/mol. The molecule has 2 rings (SSSR count). The van der Waals surface area contributed by atoms with Gasteiger partial charge in [-0.25, -0.2) is 9.18 Å². The number of ether oxygens (including phenoxy) is 1. The minimum absolute atomic E-state index is 0.134. The molecule has 0 heterocycles. The Morgan fingerprint density at radius 3 is 2.74 bits per heavy atom. The zero-order valence-electron chi connectivity index (χ0n) is 10.4. The van der Waals surface area contributed by atoms with Gasteiger partial charge in [0.05, 0.1) is 0 Å². The summed E-state index contributed by atoms with van der Waals surface area (Å²) < 4.78 is 18.5. The summed E-state index contributed by atoms with van der Waals surface area (Å²) in [4.78, 5) is 24.2. The van der Waals surface area contributed by atoms with Crippen molar-refractivity contribution >= 4 is 11.9 Å². The number of halogens is 1. The van der Waals surface area contributed by atoms with Crippen molar-refractivity contribution in [3.8, 4) is 5.75 Å². The number of nitrogens with zero attached hydrogens (tertiary/aromatic N) is 1. The van der Waals surface area contributed by atoms with Gasteiger partial charge in [0.1, 0.15) is 17.1 Å². The highest BCUT2D eigenvalue weighted by Crippen LogP contribution is 2.26. The van der Waals surface area contributed by atoms with E-state index >= 15 is 0 Å². The van der Waals surface area contributed by atoms with Gasteiger partial charge in [-0.2, -0.15) is 0 Å². The number of hydrogen-bond donors (Lipinski definition) is 1. The van der Waals surface area contributed by atoms with Gasteiger partial charge in [0.15, 0.2) is 6.61 Å². The summed E-state index contributed by atoms with van der Waals surface area (Å²) in [5.41, 5.74) is -0.552. The molecule has 0 saturated heterocycles. The summed E-state index contributed by atoms with van der Waals surface area (Å²) in [6.45, 7) is -0.295. The summed E-state index contributed by atoms with van der Waals surface area (Å²) in [5, 5.41) is 8.90. The number of carboxylic acids is 1. The molecule has 0 aromatic heterocycles. The van der Waals surface area contributed by atoms with Crippen LogP contribution in [0.15, 0.2) is 18.2 Å². The van der Waals surface area contributed by atoms with Crippen molar-refractivity contribution in [2.24, 2.45) is 0 Å². The number of benzene rings is 1. The minimum Gasteiger partial charge on any atom is -0.483 e. The molecule has 5 nitrogen and oxygen atoms in total. The molecule has 0 bridgehead atoms. The summed E-state index contributed by atoms with van der Waals surface area (Å²) in [6.07, 6.45) is 1.95. The fourth-order valence-corrected chi connectivity index (χ4v) is 1.74. The van der Waals surface area contributed by atoms with E-state index in [2.05, 4.69) is 0 Å². The average molecular weight is 267 g/mol. The topological polar surface area (TPSA) is 66.8 Å². The molecule has 1 aliphatic carbocycles. The Bertz CT molecular complexity index is 513. The second-order valence-electron chi connectivity index (χ2n) is 4.44. The zero-order chi connectivity index (χ0) is 14.0. The molecule has 6 heteroatoms. The van der Waals surface area contributed by atoms with Crippen LogP contribution in [0, 0.1) is 5.82 Å². The summed E-state index contributed by atoms with van der Waals surface area (Å²) in [6, 6.07) is 3.96. The highest BCUT2D eigenvalue weighted by atomic mass is 19.1. The van der Waals surface area contributed by atoms with Crippen LogP contribution in [0.25, 0.3) is 0 Å². The van der Waals surface area contributed by atoms with Crippen LogP contribution in [0.4, 0.5) is 4.39 Å². The monoisotopic (exact) mass is 267 g/mol. The lowest BCUT2D eigenvalue weighted by Gasteiger charge is -2.17. The highest BCUT2D eigenvalue weighted by molar-refractivity contribution is 5.91. The first-order chi connectivity index (χ1) is 9.00. The van der Waals surface area contributed by atoms with Crippen LogP contribution in [0.1, 0.15) is 23.2 Å². The molecule has 1 aromatic carbocycles. The van der Waals surface area contributed by atoms with Crippen molar-refractivity contribution in [2.45, 2.75) is 18.9 Å². The molecule has 1 N–H and O–H groups in total. The fraction of sp³-hybridized carbons (Fsp3) is 0.385. The molecule has 0 atom stereocenters. The third-order valence-corrected chi connectivity index (χ3v) is 3.03. The Morgan fingerprint density at radius 2 is 2.16 bits per heavy atom. The zero-order valence-corrected chi connectivity index (χ0v) is 10.4. The molecule has 1 saturated carbocycles. The number of carbonyl (C=O) groups excluding carboxylic acids is 1. The van der Waals surface area contributed by atoms with Gasteiger partial charge in [-0.1, -0.05) is 6.07 Å². The summed E-state index contributed by atoms with van der Waals surface area (Å²) in [5.74, 6) is -2.68. The van der Waals surface area contributed by atoms with Gasteiger partial charge in [-0.3, -0.25) is 4.79 Å². The molecule has 102 valence electrons. The van der Waals surface area contributed by atoms with Crippen molar-refractivity contribution in [1.82, 2.24) is 4.90 Å². The average Bonchev–Trinajstić information content (AvgIpc) is 3.18. The lowest BCUT2D eigenvalue weighted by Crippen LogP contribution is -2.33. The summed E-state index contributed by atoms with van der Waals surface area (Å²) in [7, 11) is 1.67. The first kappa shape index (κ1) is 13.3. The van der Waals surface area contributed by atoms with Crippen molar-refractivity contribution < 1.29 is 23.8 Å². The van der Waals surface area contributed by atoms with Crippen molar-refractivity contribution in [3.63, 3.8) is 0 Å². The van der Waals surface area contributed by atoms with Gasteiger partial charge >= 0.3 is 5.97 Å². The van der Waals surface area contributed by atoms with Gasteiger partial charge in [-0.05, 0) is 25.0 Å². The number of likely N-dealkylation sites (N-methyl/N-ethyl adjacent to an activating group) is 1. The molecular weight excluding hydrogens is 253 g/mol. The number of hydrogen-bond acceptors (Lipinski definition) is 3. The molecule has 0 spiro atoms. The van der Waals surface area contributed by atoms with Gasteiger partial charge in [0, 0.05) is 13.1 Å². The highest BCUT2D eigenvalue weighted by Gasteiger charge is 2.29. The Kier molecular flexibility index (Phi) is 3.69. The van der Waals surface area contributed by atoms with Crippen LogP contribution in [-0.4, -0.2) is 41.6 Å². The number of aromatic carboxylic acids is 1. The number of rotatable bonds is 5. The molecule has 19 heavy (non-hydrogen) atoms. The maximum atomic E-state index is 13.4. The normalized spacial score (nSPS) is 14.0. The van der Waals surface area contributed by atoms with Crippen LogP contribution in [0.5, 0.6) is 5.75 Å². The third kappa shape index (κ3) is 3.01. The Morgan fingerprint density at radius 1 is 1.47 bits per heavy atom. The SMILES string of the molecule is CN(C(=O)COc1cccc(F)c1C(=O)O)C1CC1. The Balaban J connectivity index is 2.05. The van der Waals surface area contributed by atoms with Crippen molar-refractivity contribution in [1.29, 1.82) is 0 Å². The predicted octanol–water partition coefficient (Wildman–Crippen LogP) is 1.52. The van der Waals surface area contributed by atoms with E-state index in [1.54, 1.807) is 11.9 Å². The van der Waals surface area contributed by atoms with Crippen molar-refractivity contribution in [3.05, 3.63) is 29.6 Å². The van der Waals surface area contributed by atoms with E-state index in [-0.39, 0.29) is 24.3 Å². The van der Waals surface area contributed by atoms with E-state index in [4.69, 9.17) is 9.84 Å². The molecule has 0 unspecified atom stereocenters. The smallest absolute Gasteiger partial charge is 0.342 e. The molecule has 1 fully saturated rings. The quantitative estimate of drug-likeness (QED) is 0.878. The maximum absolute atomic E-state index is 13.4. The minimum atomic E-state index is -1.42. The molecule has 1 amide bonds. The molecular formula is C13H14FNO4. The van der Waals surface area contributed by atoms with E-state index in [0.717, 1.165) is 18.9 Å². The second kappa shape index (κ2) is 5.26. The van der Waals surface area contributed by atoms with E-state index in [9.17, 15) is 14.0 Å². The second-order valence-corrected chi connectivity index (χ2v) is 4.44. The molecule has 1 aromatic rings. The van der Waals surface area contributed by atoms with Gasteiger partial charge in [0.25, 0.3) is 5.91 Å². The lowest BCUT2D eigenvalue weighted by molar-refractivity contribution is -0.132. The number of carbonyl (C=O) groups is 2. The fourth-order valence-electron chi connectivity index (χ4n) is 1.74. The van der Waals surface area contributed by atoms with Gasteiger partial charge in [0.2, 0.25) is 0 Å². The first-order valence-electron chi connectivity index (χ1n) is 5.91. The molecule has 0 radical (unpaired) electrons. The van der Waals surface area contributed by atoms with E-state index in [1.807, 2.05) is 0 Å². The lowest BCUT2D eigenvalue weighted by atomic mass is 10.2. The van der Waals surface area contributed by atoms with Crippen LogP contribution >= 0.6 is 0 Å². The van der Waals surface area contributed by atoms with E-state index in [0.29, 0.717) is 0 Å². The number of carboxylic acid groups (broad SMARTS) is 1. The van der Waals surface area contributed by atoms with Crippen molar-refractivity contribution in [2.75, 3.05) is 13.7 Å². The third-order valence-electron chi connectivity index (χ3n) is 3.03. The maximum Gasteiger partial charge on any atom is 0.342 e. The molecule has 0 aliphatic heterocycles. The Labute approximate surface area is 109 Å². The van der Waals surface area contributed by atoms with E-state index in [1.165, 1.54) is 12.1 Å².